The first-order valence-corrected chi connectivity index (χ1v) is 8.97. The number of nitrogens with zero attached hydrogens (tertiary/aromatic N) is 2. The van der Waals surface area contributed by atoms with Gasteiger partial charge in [-0.05, 0) is 30.2 Å². The number of ether oxygens (including phenoxy) is 2. The molecule has 30 heavy (non-hydrogen) atoms. The van der Waals surface area contributed by atoms with Crippen LogP contribution in [-0.2, 0) is 16.0 Å². The molecular weight excluding hydrogens is 392 g/mol. The van der Waals surface area contributed by atoms with E-state index < -0.39 is 23.2 Å². The van der Waals surface area contributed by atoms with Crippen LogP contribution < -0.4 is 20.2 Å². The van der Waals surface area contributed by atoms with Crippen LogP contribution in [-0.4, -0.2) is 43.7 Å². The Morgan fingerprint density at radius 3 is 2.53 bits per heavy atom. The number of hydrazone groups is 1. The summed E-state index contributed by atoms with van der Waals surface area (Å²) < 4.78 is 10.4. The number of nitrogens with one attached hydrogen (secondary N) is 2. The fourth-order valence-electron chi connectivity index (χ4n) is 2.57. The summed E-state index contributed by atoms with van der Waals surface area (Å²) in [5, 5.41) is 17.2. The summed E-state index contributed by atoms with van der Waals surface area (Å²) in [6.07, 6.45) is 1.29. The Labute approximate surface area is 173 Å². The Hall–Kier alpha value is -3.95. The van der Waals surface area contributed by atoms with Gasteiger partial charge in [0, 0.05) is 12.6 Å². The largest absolute Gasteiger partial charge is 0.493 e. The highest BCUT2D eigenvalue weighted by Crippen LogP contribution is 2.27. The van der Waals surface area contributed by atoms with E-state index in [1.165, 1.54) is 18.2 Å². The van der Waals surface area contributed by atoms with E-state index >= 15 is 0 Å². The van der Waals surface area contributed by atoms with Crippen LogP contribution in [0.15, 0.2) is 47.6 Å². The molecule has 0 spiro atoms. The van der Waals surface area contributed by atoms with Crippen molar-refractivity contribution in [2.24, 2.45) is 5.10 Å². The topological polar surface area (TPSA) is 132 Å². The van der Waals surface area contributed by atoms with Gasteiger partial charge in [0.25, 0.3) is 5.69 Å². The van der Waals surface area contributed by atoms with Crippen LogP contribution in [0.1, 0.15) is 17.5 Å². The fraction of sp³-hybridized carbons (Fsp3) is 0.250. The van der Waals surface area contributed by atoms with Gasteiger partial charge in [-0.3, -0.25) is 19.7 Å². The van der Waals surface area contributed by atoms with Gasteiger partial charge in [0.2, 0.25) is 11.8 Å². The molecule has 0 saturated carbocycles. The Morgan fingerprint density at radius 2 is 1.83 bits per heavy atom. The van der Waals surface area contributed by atoms with Gasteiger partial charge in [0.1, 0.15) is 6.42 Å². The summed E-state index contributed by atoms with van der Waals surface area (Å²) in [6, 6.07) is 11.4. The monoisotopic (exact) mass is 414 g/mol. The van der Waals surface area contributed by atoms with Crippen LogP contribution in [0.3, 0.4) is 0 Å². The molecule has 2 rings (SSSR count). The predicted molar refractivity (Wildman–Crippen MR) is 110 cm³/mol. The van der Waals surface area contributed by atoms with Crippen molar-refractivity contribution in [2.75, 3.05) is 20.8 Å². The minimum absolute atomic E-state index is 0.136. The van der Waals surface area contributed by atoms with Gasteiger partial charge in [-0.25, -0.2) is 5.43 Å². The van der Waals surface area contributed by atoms with Crippen LogP contribution in [0.4, 0.5) is 5.69 Å². The molecule has 0 aliphatic rings. The first-order valence-electron chi connectivity index (χ1n) is 8.97. The molecule has 0 unspecified atom stereocenters. The average Bonchev–Trinajstić information content (AvgIpc) is 2.73. The van der Waals surface area contributed by atoms with E-state index in [4.69, 9.17) is 9.47 Å². The van der Waals surface area contributed by atoms with Crippen LogP contribution in [0.2, 0.25) is 0 Å². The van der Waals surface area contributed by atoms with E-state index in [0.29, 0.717) is 24.5 Å². The Bertz CT molecular complexity index is 945. The molecular formula is C20H22N4O6. The van der Waals surface area contributed by atoms with Crippen LogP contribution in [0, 0.1) is 10.1 Å². The summed E-state index contributed by atoms with van der Waals surface area (Å²) in [5.74, 6) is 0.114. The highest BCUT2D eigenvalue weighted by molar-refractivity contribution is 5.97. The number of nitro groups is 1. The van der Waals surface area contributed by atoms with E-state index in [-0.39, 0.29) is 11.3 Å². The zero-order chi connectivity index (χ0) is 21.9. The number of hydrogen-bond acceptors (Lipinski definition) is 7. The second kappa shape index (κ2) is 11.1. The van der Waals surface area contributed by atoms with E-state index in [0.717, 1.165) is 11.8 Å². The molecule has 0 saturated heterocycles. The van der Waals surface area contributed by atoms with Crippen molar-refractivity contribution >= 4 is 23.7 Å². The highest BCUT2D eigenvalue weighted by Gasteiger charge is 2.11. The standard InChI is InChI=1S/C20H22N4O6/c1-29-17-8-7-14(11-18(17)30-2)9-10-21-19(25)12-20(26)23-22-13-15-5-3-4-6-16(15)24(27)28/h3-8,11,13H,9-10,12H2,1-2H3,(H,21,25)(H,23,26)/b22-13-. The van der Waals surface area contributed by atoms with Gasteiger partial charge in [-0.15, -0.1) is 0 Å². The number of amides is 2. The van der Waals surface area contributed by atoms with Crippen molar-refractivity contribution in [1.82, 2.24) is 10.7 Å². The maximum atomic E-state index is 11.9. The molecule has 158 valence electrons. The van der Waals surface area contributed by atoms with Gasteiger partial charge in [0.05, 0.1) is 30.9 Å². The third-order valence-corrected chi connectivity index (χ3v) is 4.03. The molecule has 2 amide bonds. The number of carbonyl (C=O) groups excluding carboxylic acids is 2. The van der Waals surface area contributed by atoms with Crippen LogP contribution in [0.25, 0.3) is 0 Å². The molecule has 0 atom stereocenters. The molecule has 0 radical (unpaired) electrons. The molecule has 0 bridgehead atoms. The van der Waals surface area contributed by atoms with Crippen molar-refractivity contribution in [1.29, 1.82) is 0 Å². The lowest BCUT2D eigenvalue weighted by molar-refractivity contribution is -0.385. The SMILES string of the molecule is COc1ccc(CCNC(=O)CC(=O)N/N=C\c2ccccc2[N+](=O)[O-])cc1OC. The van der Waals surface area contributed by atoms with Crippen LogP contribution >= 0.6 is 0 Å². The minimum atomic E-state index is -0.631. The average molecular weight is 414 g/mol. The third kappa shape index (κ3) is 6.59. The molecule has 2 aromatic carbocycles. The molecule has 0 aliphatic carbocycles. The highest BCUT2D eigenvalue weighted by atomic mass is 16.6. The number of hydrogen-bond donors (Lipinski definition) is 2. The van der Waals surface area contributed by atoms with Crippen molar-refractivity contribution in [3.63, 3.8) is 0 Å². The van der Waals surface area contributed by atoms with E-state index in [1.807, 2.05) is 12.1 Å². The predicted octanol–water partition coefficient (Wildman–Crippen LogP) is 1.81. The maximum Gasteiger partial charge on any atom is 0.278 e. The second-order valence-corrected chi connectivity index (χ2v) is 6.08. The Kier molecular flexibility index (Phi) is 8.30. The zero-order valence-electron chi connectivity index (χ0n) is 16.6. The third-order valence-electron chi connectivity index (χ3n) is 4.03. The molecule has 10 nitrogen and oxygen atoms in total. The minimum Gasteiger partial charge on any atom is -0.493 e. The smallest absolute Gasteiger partial charge is 0.278 e. The van der Waals surface area contributed by atoms with E-state index in [2.05, 4.69) is 15.8 Å². The van der Waals surface area contributed by atoms with Gasteiger partial charge < -0.3 is 14.8 Å². The normalized spacial score (nSPS) is 10.5. The first kappa shape index (κ1) is 22.3. The summed E-state index contributed by atoms with van der Waals surface area (Å²) in [5.41, 5.74) is 3.22. The first-order chi connectivity index (χ1) is 14.4. The second-order valence-electron chi connectivity index (χ2n) is 6.08. The van der Waals surface area contributed by atoms with Crippen LogP contribution in [0.5, 0.6) is 11.5 Å². The summed E-state index contributed by atoms with van der Waals surface area (Å²) in [4.78, 5) is 34.1. The van der Waals surface area contributed by atoms with Gasteiger partial charge in [-0.1, -0.05) is 18.2 Å². The van der Waals surface area contributed by atoms with Gasteiger partial charge in [-0.2, -0.15) is 5.10 Å². The number of para-hydroxylation sites is 1. The fourth-order valence-corrected chi connectivity index (χ4v) is 2.57. The van der Waals surface area contributed by atoms with Crippen molar-refractivity contribution in [3.8, 4) is 11.5 Å². The Balaban J connectivity index is 1.77. The Morgan fingerprint density at radius 1 is 1.10 bits per heavy atom. The van der Waals surface area contributed by atoms with Crippen molar-refractivity contribution in [3.05, 3.63) is 63.7 Å². The molecule has 0 aliphatic heterocycles. The molecule has 0 fully saturated rings. The number of carbonyl (C=O) groups is 2. The lowest BCUT2D eigenvalue weighted by Gasteiger charge is -2.10. The molecule has 0 aromatic heterocycles. The number of methoxy groups -OCH3 is 2. The lowest BCUT2D eigenvalue weighted by Crippen LogP contribution is -2.31. The lowest BCUT2D eigenvalue weighted by atomic mass is 10.1. The molecule has 2 aromatic rings. The maximum absolute atomic E-state index is 11.9. The van der Waals surface area contributed by atoms with Crippen molar-refractivity contribution in [2.45, 2.75) is 12.8 Å². The quantitative estimate of drug-likeness (QED) is 0.264. The summed E-state index contributed by atoms with van der Waals surface area (Å²) in [7, 11) is 3.09. The van der Waals surface area contributed by atoms with Gasteiger partial charge in [0.15, 0.2) is 11.5 Å². The zero-order valence-corrected chi connectivity index (χ0v) is 16.6. The van der Waals surface area contributed by atoms with E-state index in [9.17, 15) is 19.7 Å². The number of benzene rings is 2. The molecule has 0 heterocycles. The summed E-state index contributed by atoms with van der Waals surface area (Å²) in [6.45, 7) is 0.334. The van der Waals surface area contributed by atoms with Crippen molar-refractivity contribution < 1.29 is 24.0 Å². The van der Waals surface area contributed by atoms with E-state index in [1.54, 1.807) is 26.4 Å². The molecule has 10 heteroatoms. The van der Waals surface area contributed by atoms with Gasteiger partial charge >= 0.3 is 0 Å². The molecule has 2 N–H and O–H groups in total. The number of nitro benzene ring substituents is 1. The number of rotatable bonds is 10. The summed E-state index contributed by atoms with van der Waals surface area (Å²) >= 11 is 0.